The normalized spacial score (nSPS) is 12.6. The first-order valence-corrected chi connectivity index (χ1v) is 14.4. The molecule has 0 aliphatic carbocycles. The number of unbranched alkanes of at least 4 members (excludes halogenated alkanes) is 1. The number of carbonyl (C=O) groups excluding carboxylic acids is 2. The molecular formula is C26H33ClF3N3O4S. The first-order valence-electron chi connectivity index (χ1n) is 12.2. The van der Waals surface area contributed by atoms with Crippen LogP contribution >= 0.6 is 11.6 Å². The molecule has 2 aromatic rings. The molecule has 1 unspecified atom stereocenters. The summed E-state index contributed by atoms with van der Waals surface area (Å²) in [5.41, 5.74) is 0.104. The van der Waals surface area contributed by atoms with Crippen molar-refractivity contribution in [2.45, 2.75) is 58.8 Å². The summed E-state index contributed by atoms with van der Waals surface area (Å²) in [5, 5.41) is 2.21. The smallest absolute Gasteiger partial charge is 0.354 e. The Hall–Kier alpha value is -2.79. The highest BCUT2D eigenvalue weighted by atomic mass is 35.5. The highest BCUT2D eigenvalue weighted by Crippen LogP contribution is 2.37. The van der Waals surface area contributed by atoms with Gasteiger partial charge in [-0.1, -0.05) is 61.7 Å². The van der Waals surface area contributed by atoms with Gasteiger partial charge in [0.25, 0.3) is 0 Å². The van der Waals surface area contributed by atoms with E-state index >= 15 is 0 Å². The molecule has 0 heterocycles. The van der Waals surface area contributed by atoms with Crippen molar-refractivity contribution in [1.82, 2.24) is 10.2 Å². The maximum Gasteiger partial charge on any atom is 0.417 e. The molecule has 0 fully saturated rings. The molecule has 38 heavy (non-hydrogen) atoms. The second kappa shape index (κ2) is 13.3. The molecule has 7 nitrogen and oxygen atoms in total. The number of rotatable bonds is 12. The third kappa shape index (κ3) is 8.62. The van der Waals surface area contributed by atoms with E-state index in [4.69, 9.17) is 11.6 Å². The number of amides is 2. The zero-order chi connectivity index (χ0) is 28.7. The van der Waals surface area contributed by atoms with Gasteiger partial charge in [-0.05, 0) is 43.5 Å². The lowest BCUT2D eigenvalue weighted by molar-refractivity contribution is -0.140. The maximum absolute atomic E-state index is 13.6. The lowest BCUT2D eigenvalue weighted by atomic mass is 10.1. The van der Waals surface area contributed by atoms with Gasteiger partial charge in [0.05, 0.1) is 22.5 Å². The maximum atomic E-state index is 13.6. The Morgan fingerprint density at radius 2 is 1.71 bits per heavy atom. The Bertz CT molecular complexity index is 1220. The van der Waals surface area contributed by atoms with Crippen molar-refractivity contribution in [1.29, 1.82) is 0 Å². The summed E-state index contributed by atoms with van der Waals surface area (Å²) < 4.78 is 66.2. The Kier molecular flexibility index (Phi) is 11.0. The fourth-order valence-corrected chi connectivity index (χ4v) is 4.88. The third-order valence-electron chi connectivity index (χ3n) is 5.91. The SMILES string of the molecule is CCCCNC(=O)C(CC)N(Cc1ccc(C)cc1)C(=O)CN(c1ccc(Cl)c(C(F)(F)F)c1)S(C)(=O)=O. The number of aryl methyl sites for hydroxylation is 1. The molecule has 0 aliphatic heterocycles. The Morgan fingerprint density at radius 3 is 2.24 bits per heavy atom. The zero-order valence-corrected chi connectivity index (χ0v) is 23.4. The molecule has 0 aromatic heterocycles. The van der Waals surface area contributed by atoms with E-state index in [1.165, 1.54) is 4.90 Å². The van der Waals surface area contributed by atoms with Gasteiger partial charge in [0, 0.05) is 13.1 Å². The van der Waals surface area contributed by atoms with Gasteiger partial charge in [0.15, 0.2) is 0 Å². The van der Waals surface area contributed by atoms with Crippen LogP contribution in [0.3, 0.4) is 0 Å². The molecule has 0 saturated heterocycles. The molecule has 2 rings (SSSR count). The average molecular weight is 576 g/mol. The predicted molar refractivity (Wildman–Crippen MR) is 142 cm³/mol. The van der Waals surface area contributed by atoms with Crippen LogP contribution in [0.4, 0.5) is 18.9 Å². The number of hydrogen-bond donors (Lipinski definition) is 1. The summed E-state index contributed by atoms with van der Waals surface area (Å²) in [6, 6.07) is 8.98. The first-order chi connectivity index (χ1) is 17.7. The van der Waals surface area contributed by atoms with E-state index in [-0.39, 0.29) is 18.7 Å². The van der Waals surface area contributed by atoms with Crippen molar-refractivity contribution in [3.05, 3.63) is 64.2 Å². The van der Waals surface area contributed by atoms with Crippen molar-refractivity contribution < 1.29 is 31.2 Å². The standard InChI is InChI=1S/C26H33ClF3N3O4S/c1-5-7-14-31-25(35)23(6-2)32(16-19-10-8-18(3)9-11-19)24(34)17-33(38(4,36)37)20-12-13-22(27)21(15-20)26(28,29)30/h8-13,15,23H,5-7,14,16-17H2,1-4H3,(H,31,35). The van der Waals surface area contributed by atoms with Gasteiger partial charge in [0.1, 0.15) is 12.6 Å². The molecule has 2 amide bonds. The Morgan fingerprint density at radius 1 is 1.08 bits per heavy atom. The van der Waals surface area contributed by atoms with Crippen LogP contribution in [0.25, 0.3) is 0 Å². The topological polar surface area (TPSA) is 86.8 Å². The quantitative estimate of drug-likeness (QED) is 0.354. The van der Waals surface area contributed by atoms with E-state index in [1.807, 2.05) is 26.0 Å². The Labute approximate surface area is 227 Å². The van der Waals surface area contributed by atoms with Crippen LogP contribution in [0.15, 0.2) is 42.5 Å². The molecular weight excluding hydrogens is 543 g/mol. The number of hydrogen-bond acceptors (Lipinski definition) is 4. The van der Waals surface area contributed by atoms with E-state index in [0.29, 0.717) is 22.5 Å². The van der Waals surface area contributed by atoms with Crippen LogP contribution in [-0.4, -0.2) is 50.5 Å². The summed E-state index contributed by atoms with van der Waals surface area (Å²) >= 11 is 5.70. The van der Waals surface area contributed by atoms with Gasteiger partial charge in [0.2, 0.25) is 21.8 Å². The molecule has 1 N–H and O–H groups in total. The number of carbonyl (C=O) groups is 2. The largest absolute Gasteiger partial charge is 0.417 e. The lowest BCUT2D eigenvalue weighted by Gasteiger charge is -2.33. The van der Waals surface area contributed by atoms with Crippen molar-refractivity contribution in [2.75, 3.05) is 23.7 Å². The molecule has 1 atom stereocenters. The summed E-state index contributed by atoms with van der Waals surface area (Å²) in [4.78, 5) is 27.9. The number of nitrogens with one attached hydrogen (secondary N) is 1. The van der Waals surface area contributed by atoms with Gasteiger partial charge in [-0.25, -0.2) is 8.42 Å². The lowest BCUT2D eigenvalue weighted by Crippen LogP contribution is -2.52. The molecule has 0 saturated carbocycles. The summed E-state index contributed by atoms with van der Waals surface area (Å²) in [7, 11) is -4.20. The van der Waals surface area contributed by atoms with Crippen LogP contribution in [0.1, 0.15) is 49.8 Å². The van der Waals surface area contributed by atoms with Crippen LogP contribution in [0.2, 0.25) is 5.02 Å². The molecule has 0 aliphatic rings. The first kappa shape index (κ1) is 31.4. The number of sulfonamides is 1. The van der Waals surface area contributed by atoms with E-state index < -0.39 is 51.2 Å². The van der Waals surface area contributed by atoms with Gasteiger partial charge in [-0.2, -0.15) is 13.2 Å². The van der Waals surface area contributed by atoms with E-state index in [2.05, 4.69) is 5.32 Å². The number of nitrogens with zero attached hydrogens (tertiary/aromatic N) is 2. The second-order valence-corrected chi connectivity index (χ2v) is 11.3. The Balaban J connectivity index is 2.48. The minimum Gasteiger partial charge on any atom is -0.354 e. The van der Waals surface area contributed by atoms with Crippen molar-refractivity contribution >= 4 is 39.1 Å². The molecule has 0 bridgehead atoms. The van der Waals surface area contributed by atoms with Gasteiger partial charge in [-0.15, -0.1) is 0 Å². The fourth-order valence-electron chi connectivity index (χ4n) is 3.82. The van der Waals surface area contributed by atoms with Gasteiger partial charge >= 0.3 is 6.18 Å². The minimum atomic E-state index is -4.83. The van der Waals surface area contributed by atoms with Gasteiger partial charge in [-0.3, -0.25) is 13.9 Å². The molecule has 0 spiro atoms. The van der Waals surface area contributed by atoms with E-state index in [9.17, 15) is 31.2 Å². The third-order valence-corrected chi connectivity index (χ3v) is 7.38. The minimum absolute atomic E-state index is 0.00480. The van der Waals surface area contributed by atoms with Gasteiger partial charge < -0.3 is 10.2 Å². The summed E-state index contributed by atoms with van der Waals surface area (Å²) in [6.07, 6.45) is -2.20. The highest BCUT2D eigenvalue weighted by Gasteiger charge is 2.36. The van der Waals surface area contributed by atoms with Crippen molar-refractivity contribution in [3.8, 4) is 0 Å². The molecule has 12 heteroatoms. The van der Waals surface area contributed by atoms with E-state index in [1.54, 1.807) is 19.1 Å². The molecule has 210 valence electrons. The predicted octanol–water partition coefficient (Wildman–Crippen LogP) is 5.16. The van der Waals surface area contributed by atoms with Crippen LogP contribution in [-0.2, 0) is 32.3 Å². The number of benzene rings is 2. The number of alkyl halides is 3. The molecule has 0 radical (unpaired) electrons. The summed E-state index contributed by atoms with van der Waals surface area (Å²) in [5.74, 6) is -1.13. The average Bonchev–Trinajstić information content (AvgIpc) is 2.82. The fraction of sp³-hybridized carbons (Fsp3) is 0.462. The van der Waals surface area contributed by atoms with Crippen molar-refractivity contribution in [2.24, 2.45) is 0 Å². The number of halogens is 4. The second-order valence-electron chi connectivity index (χ2n) is 9.01. The van der Waals surface area contributed by atoms with Crippen LogP contribution in [0.5, 0.6) is 0 Å². The zero-order valence-electron chi connectivity index (χ0n) is 21.8. The van der Waals surface area contributed by atoms with E-state index in [0.717, 1.165) is 36.8 Å². The van der Waals surface area contributed by atoms with Crippen LogP contribution < -0.4 is 9.62 Å². The highest BCUT2D eigenvalue weighted by molar-refractivity contribution is 7.92. The van der Waals surface area contributed by atoms with Crippen LogP contribution in [0, 0.1) is 6.92 Å². The monoisotopic (exact) mass is 575 g/mol. The molecule has 2 aromatic carbocycles. The number of anilines is 1. The van der Waals surface area contributed by atoms with Crippen molar-refractivity contribution in [3.63, 3.8) is 0 Å². The summed E-state index contributed by atoms with van der Waals surface area (Å²) in [6.45, 7) is 5.21.